The monoisotopic (exact) mass is 212 g/mol. The van der Waals surface area contributed by atoms with E-state index in [1.807, 2.05) is 54.6 Å². The van der Waals surface area contributed by atoms with Gasteiger partial charge in [0.2, 0.25) is 6.41 Å². The van der Waals surface area contributed by atoms with Crippen molar-refractivity contribution in [3.05, 3.63) is 54.6 Å². The van der Waals surface area contributed by atoms with Crippen molar-refractivity contribution in [2.45, 2.75) is 0 Å². The third kappa shape index (κ3) is 2.39. The van der Waals surface area contributed by atoms with Gasteiger partial charge in [-0.3, -0.25) is 4.79 Å². The van der Waals surface area contributed by atoms with Crippen LogP contribution in [0.3, 0.4) is 0 Å². The van der Waals surface area contributed by atoms with Gasteiger partial charge in [-0.2, -0.15) is 0 Å². The van der Waals surface area contributed by atoms with E-state index in [4.69, 9.17) is 0 Å². The van der Waals surface area contributed by atoms with E-state index in [-0.39, 0.29) is 0 Å². The number of para-hydroxylation sites is 3. The topological polar surface area (TPSA) is 41.1 Å². The summed E-state index contributed by atoms with van der Waals surface area (Å²) in [5.41, 5.74) is 2.63. The summed E-state index contributed by atoms with van der Waals surface area (Å²) in [5, 5.41) is 5.89. The summed E-state index contributed by atoms with van der Waals surface area (Å²) < 4.78 is 0. The minimum absolute atomic E-state index is 0.672. The van der Waals surface area contributed by atoms with Crippen LogP contribution < -0.4 is 10.6 Å². The summed E-state index contributed by atoms with van der Waals surface area (Å²) in [6, 6.07) is 17.4. The molecule has 0 unspecified atom stereocenters. The van der Waals surface area contributed by atoms with Crippen LogP contribution >= 0.6 is 0 Å². The van der Waals surface area contributed by atoms with Gasteiger partial charge in [-0.15, -0.1) is 0 Å². The molecule has 0 saturated heterocycles. The lowest BCUT2D eigenvalue weighted by molar-refractivity contribution is -0.105. The zero-order valence-electron chi connectivity index (χ0n) is 8.68. The van der Waals surface area contributed by atoms with Crippen molar-refractivity contribution in [3.8, 4) is 0 Å². The molecule has 0 aliphatic carbocycles. The Bertz CT molecular complexity index is 468. The molecule has 2 aromatic carbocycles. The van der Waals surface area contributed by atoms with Crippen LogP contribution in [0.2, 0.25) is 0 Å². The molecule has 0 spiro atoms. The zero-order valence-corrected chi connectivity index (χ0v) is 8.68. The smallest absolute Gasteiger partial charge is 0.211 e. The average molecular weight is 212 g/mol. The Morgan fingerprint density at radius 3 is 2.12 bits per heavy atom. The van der Waals surface area contributed by atoms with Gasteiger partial charge in [0.05, 0.1) is 11.4 Å². The summed E-state index contributed by atoms with van der Waals surface area (Å²) >= 11 is 0. The minimum Gasteiger partial charge on any atom is -0.354 e. The molecule has 2 N–H and O–H groups in total. The molecule has 0 radical (unpaired) electrons. The second-order valence-electron chi connectivity index (χ2n) is 3.30. The predicted molar refractivity (Wildman–Crippen MR) is 65.9 cm³/mol. The Kier molecular flexibility index (Phi) is 3.18. The van der Waals surface area contributed by atoms with Crippen LogP contribution in [0.15, 0.2) is 54.6 Å². The van der Waals surface area contributed by atoms with E-state index < -0.39 is 0 Å². The maximum atomic E-state index is 10.4. The number of hydrogen-bond donors (Lipinski definition) is 2. The lowest BCUT2D eigenvalue weighted by Crippen LogP contribution is -1.99. The number of anilines is 3. The molecule has 3 heteroatoms. The van der Waals surface area contributed by atoms with E-state index in [1.54, 1.807) is 0 Å². The van der Waals surface area contributed by atoms with Gasteiger partial charge in [0.15, 0.2) is 0 Å². The van der Waals surface area contributed by atoms with E-state index in [0.29, 0.717) is 6.41 Å². The van der Waals surface area contributed by atoms with Crippen LogP contribution in [0.4, 0.5) is 17.1 Å². The fourth-order valence-electron chi connectivity index (χ4n) is 1.46. The van der Waals surface area contributed by atoms with Gasteiger partial charge in [0.25, 0.3) is 0 Å². The number of hydrogen-bond acceptors (Lipinski definition) is 2. The van der Waals surface area contributed by atoms with E-state index in [0.717, 1.165) is 17.1 Å². The minimum atomic E-state index is 0.672. The first-order valence-corrected chi connectivity index (χ1v) is 5.01. The van der Waals surface area contributed by atoms with Crippen molar-refractivity contribution >= 4 is 23.5 Å². The van der Waals surface area contributed by atoms with Crippen LogP contribution in [0.25, 0.3) is 0 Å². The number of carbonyl (C=O) groups is 1. The van der Waals surface area contributed by atoms with Gasteiger partial charge < -0.3 is 10.6 Å². The van der Waals surface area contributed by atoms with Gasteiger partial charge in [0, 0.05) is 5.69 Å². The number of nitrogens with one attached hydrogen (secondary N) is 2. The van der Waals surface area contributed by atoms with E-state index >= 15 is 0 Å². The molecular formula is C13H12N2O. The molecule has 0 bridgehead atoms. The largest absolute Gasteiger partial charge is 0.354 e. The first kappa shape index (κ1) is 10.2. The van der Waals surface area contributed by atoms with Crippen molar-refractivity contribution in [3.63, 3.8) is 0 Å². The van der Waals surface area contributed by atoms with E-state index in [2.05, 4.69) is 10.6 Å². The van der Waals surface area contributed by atoms with Gasteiger partial charge >= 0.3 is 0 Å². The van der Waals surface area contributed by atoms with Crippen molar-refractivity contribution in [2.75, 3.05) is 10.6 Å². The molecule has 0 aliphatic rings. The Morgan fingerprint density at radius 2 is 1.44 bits per heavy atom. The molecule has 16 heavy (non-hydrogen) atoms. The Morgan fingerprint density at radius 1 is 0.812 bits per heavy atom. The quantitative estimate of drug-likeness (QED) is 0.765. The van der Waals surface area contributed by atoms with Crippen LogP contribution in [-0.4, -0.2) is 6.41 Å². The first-order valence-electron chi connectivity index (χ1n) is 5.01. The highest BCUT2D eigenvalue weighted by atomic mass is 16.1. The molecule has 0 aromatic heterocycles. The molecule has 0 heterocycles. The number of benzene rings is 2. The molecule has 0 saturated carbocycles. The van der Waals surface area contributed by atoms with E-state index in [9.17, 15) is 4.79 Å². The highest BCUT2D eigenvalue weighted by Gasteiger charge is 1.99. The van der Waals surface area contributed by atoms with Crippen molar-refractivity contribution < 1.29 is 4.79 Å². The highest BCUT2D eigenvalue weighted by molar-refractivity contribution is 5.82. The van der Waals surface area contributed by atoms with Gasteiger partial charge in [0.1, 0.15) is 0 Å². The Hall–Kier alpha value is -2.29. The summed E-state index contributed by atoms with van der Waals surface area (Å²) in [5.74, 6) is 0. The van der Waals surface area contributed by atoms with E-state index in [1.165, 1.54) is 0 Å². The second-order valence-corrected chi connectivity index (χ2v) is 3.30. The van der Waals surface area contributed by atoms with Crippen molar-refractivity contribution in [2.24, 2.45) is 0 Å². The second kappa shape index (κ2) is 4.98. The number of rotatable bonds is 4. The van der Waals surface area contributed by atoms with Crippen molar-refractivity contribution in [1.82, 2.24) is 0 Å². The molecule has 0 fully saturated rings. The average Bonchev–Trinajstić information content (AvgIpc) is 2.33. The third-order valence-electron chi connectivity index (χ3n) is 2.19. The molecule has 1 amide bonds. The Balaban J connectivity index is 2.24. The normalized spacial score (nSPS) is 9.50. The van der Waals surface area contributed by atoms with Gasteiger partial charge in [-0.1, -0.05) is 30.3 Å². The lowest BCUT2D eigenvalue weighted by Gasteiger charge is -2.10. The zero-order chi connectivity index (χ0) is 11.2. The molecule has 2 aromatic rings. The van der Waals surface area contributed by atoms with Gasteiger partial charge in [-0.25, -0.2) is 0 Å². The highest BCUT2D eigenvalue weighted by Crippen LogP contribution is 2.24. The van der Waals surface area contributed by atoms with Crippen LogP contribution in [0.1, 0.15) is 0 Å². The molecule has 0 atom stereocenters. The summed E-state index contributed by atoms with van der Waals surface area (Å²) in [7, 11) is 0. The molecule has 0 aliphatic heterocycles. The third-order valence-corrected chi connectivity index (χ3v) is 2.19. The summed E-state index contributed by atoms with van der Waals surface area (Å²) in [4.78, 5) is 10.4. The fourth-order valence-corrected chi connectivity index (χ4v) is 1.46. The van der Waals surface area contributed by atoms with Crippen LogP contribution in [0, 0.1) is 0 Å². The standard InChI is InChI=1S/C13H12N2O/c16-10-14-12-8-4-5-9-13(12)15-11-6-2-1-3-7-11/h1-10,15H,(H,14,16). The molecule has 80 valence electrons. The predicted octanol–water partition coefficient (Wildman–Crippen LogP) is 3.00. The summed E-state index contributed by atoms with van der Waals surface area (Å²) in [6.07, 6.45) is 0.672. The SMILES string of the molecule is O=CNc1ccccc1Nc1ccccc1. The maximum absolute atomic E-state index is 10.4. The lowest BCUT2D eigenvalue weighted by atomic mass is 10.2. The molecule has 2 rings (SSSR count). The maximum Gasteiger partial charge on any atom is 0.211 e. The fraction of sp³-hybridized carbons (Fsp3) is 0. The Labute approximate surface area is 94.1 Å². The summed E-state index contributed by atoms with van der Waals surface area (Å²) in [6.45, 7) is 0. The van der Waals surface area contributed by atoms with Gasteiger partial charge in [-0.05, 0) is 24.3 Å². The number of carbonyl (C=O) groups excluding carboxylic acids is 1. The molecule has 3 nitrogen and oxygen atoms in total. The van der Waals surface area contributed by atoms with Crippen molar-refractivity contribution in [1.29, 1.82) is 0 Å². The van der Waals surface area contributed by atoms with Crippen LogP contribution in [0.5, 0.6) is 0 Å². The number of amides is 1. The molecular weight excluding hydrogens is 200 g/mol. The van der Waals surface area contributed by atoms with Crippen LogP contribution in [-0.2, 0) is 4.79 Å². The first-order chi connectivity index (χ1) is 7.90.